The van der Waals surface area contributed by atoms with Gasteiger partial charge < -0.3 is 14.7 Å². The van der Waals surface area contributed by atoms with Crippen LogP contribution in [0, 0.1) is 5.92 Å². The lowest BCUT2D eigenvalue weighted by molar-refractivity contribution is -0.132. The minimum atomic E-state index is -0.450. The lowest BCUT2D eigenvalue weighted by Crippen LogP contribution is -2.44. The first-order valence-corrected chi connectivity index (χ1v) is 5.38. The second-order valence-electron chi connectivity index (χ2n) is 4.49. The van der Waals surface area contributed by atoms with E-state index in [1.165, 1.54) is 0 Å². The first-order chi connectivity index (χ1) is 6.74. The molecule has 0 radical (unpaired) electrons. The Kier molecular flexibility index (Phi) is 1.67. The molecule has 3 heterocycles. The van der Waals surface area contributed by atoms with Crippen LogP contribution in [0.15, 0.2) is 0 Å². The highest BCUT2D eigenvalue weighted by atomic mass is 16.5. The summed E-state index contributed by atoms with van der Waals surface area (Å²) < 4.78 is 5.61. The topological polar surface area (TPSA) is 49.8 Å². The van der Waals surface area contributed by atoms with E-state index < -0.39 is 6.10 Å². The lowest BCUT2D eigenvalue weighted by atomic mass is 9.88. The van der Waals surface area contributed by atoms with Gasteiger partial charge in [0.2, 0.25) is 5.91 Å². The van der Waals surface area contributed by atoms with Gasteiger partial charge in [-0.05, 0) is 12.8 Å². The lowest BCUT2D eigenvalue weighted by Gasteiger charge is -2.25. The Bertz CT molecular complexity index is 281. The fraction of sp³-hybridized carbons (Fsp3) is 0.900. The summed E-state index contributed by atoms with van der Waals surface area (Å²) in [5, 5.41) is 9.90. The molecule has 3 fully saturated rings. The van der Waals surface area contributed by atoms with E-state index in [4.69, 9.17) is 4.74 Å². The summed E-state index contributed by atoms with van der Waals surface area (Å²) >= 11 is 0. The van der Waals surface area contributed by atoms with E-state index >= 15 is 0 Å². The Morgan fingerprint density at radius 3 is 3.07 bits per heavy atom. The minimum absolute atomic E-state index is 0.0194. The number of carbonyl (C=O) groups excluding carboxylic acids is 1. The largest absolute Gasteiger partial charge is 0.388 e. The third kappa shape index (κ3) is 0.834. The summed E-state index contributed by atoms with van der Waals surface area (Å²) in [4.78, 5) is 13.7. The zero-order valence-electron chi connectivity index (χ0n) is 8.22. The third-order valence-corrected chi connectivity index (χ3v) is 3.71. The Balaban J connectivity index is 1.92. The van der Waals surface area contributed by atoms with Gasteiger partial charge in [0, 0.05) is 6.54 Å². The smallest absolute Gasteiger partial charge is 0.228 e. The Morgan fingerprint density at radius 2 is 2.43 bits per heavy atom. The van der Waals surface area contributed by atoms with E-state index in [0.29, 0.717) is 0 Å². The summed E-state index contributed by atoms with van der Waals surface area (Å²) in [6.07, 6.45) is 1.12. The first kappa shape index (κ1) is 8.68. The van der Waals surface area contributed by atoms with Gasteiger partial charge in [-0.3, -0.25) is 4.79 Å². The number of ether oxygens (including phenoxy) is 1. The van der Waals surface area contributed by atoms with E-state index in [0.717, 1.165) is 19.4 Å². The Morgan fingerprint density at radius 1 is 1.64 bits per heavy atom. The summed E-state index contributed by atoms with van der Waals surface area (Å²) in [5.74, 6) is 0.237. The van der Waals surface area contributed by atoms with Crippen molar-refractivity contribution in [3.05, 3.63) is 0 Å². The SMILES string of the molecule is CCCN1C(=O)C2CC3OC2C1C3O. The van der Waals surface area contributed by atoms with Crippen LogP contribution in [0.3, 0.4) is 0 Å². The van der Waals surface area contributed by atoms with Gasteiger partial charge in [-0.2, -0.15) is 0 Å². The van der Waals surface area contributed by atoms with Crippen molar-refractivity contribution in [1.82, 2.24) is 4.90 Å². The Hall–Kier alpha value is -0.610. The van der Waals surface area contributed by atoms with Crippen LogP contribution in [-0.2, 0) is 9.53 Å². The number of carbonyl (C=O) groups is 1. The van der Waals surface area contributed by atoms with Crippen LogP contribution in [-0.4, -0.2) is 46.8 Å². The van der Waals surface area contributed by atoms with Crippen LogP contribution in [0.5, 0.6) is 0 Å². The van der Waals surface area contributed by atoms with Crippen LogP contribution < -0.4 is 0 Å². The monoisotopic (exact) mass is 197 g/mol. The average Bonchev–Trinajstić information content (AvgIpc) is 2.75. The van der Waals surface area contributed by atoms with Gasteiger partial charge in [-0.15, -0.1) is 0 Å². The maximum Gasteiger partial charge on any atom is 0.228 e. The maximum absolute atomic E-state index is 11.9. The highest BCUT2D eigenvalue weighted by Crippen LogP contribution is 2.47. The molecule has 78 valence electrons. The standard InChI is InChI=1S/C10H15NO3/c1-2-3-11-7-8(12)6-4-5(10(11)13)9(7)14-6/h5-9,12H,2-4H2,1H3. The van der Waals surface area contributed by atoms with Crippen molar-refractivity contribution in [2.75, 3.05) is 6.54 Å². The molecule has 3 saturated heterocycles. The molecule has 0 spiro atoms. The third-order valence-electron chi connectivity index (χ3n) is 3.71. The highest BCUT2D eigenvalue weighted by molar-refractivity contribution is 5.84. The molecule has 3 aliphatic heterocycles. The fourth-order valence-electron chi connectivity index (χ4n) is 3.15. The molecule has 0 saturated carbocycles. The number of aliphatic hydroxyl groups excluding tert-OH is 1. The highest BCUT2D eigenvalue weighted by Gasteiger charge is 2.64. The number of fused-ring (bicyclic) bond motifs is 1. The number of hydrogen-bond donors (Lipinski definition) is 1. The van der Waals surface area contributed by atoms with Gasteiger partial charge in [0.05, 0.1) is 24.2 Å². The van der Waals surface area contributed by atoms with Gasteiger partial charge in [0.15, 0.2) is 0 Å². The van der Waals surface area contributed by atoms with Gasteiger partial charge in [-0.1, -0.05) is 6.92 Å². The average molecular weight is 197 g/mol. The quantitative estimate of drug-likeness (QED) is 0.664. The van der Waals surface area contributed by atoms with E-state index in [1.54, 1.807) is 0 Å². The molecule has 4 heteroatoms. The van der Waals surface area contributed by atoms with Crippen molar-refractivity contribution in [1.29, 1.82) is 0 Å². The van der Waals surface area contributed by atoms with Crippen molar-refractivity contribution in [2.24, 2.45) is 5.92 Å². The van der Waals surface area contributed by atoms with Crippen molar-refractivity contribution in [2.45, 2.75) is 44.1 Å². The first-order valence-electron chi connectivity index (χ1n) is 5.38. The molecule has 0 aromatic rings. The van der Waals surface area contributed by atoms with E-state index in [9.17, 15) is 9.90 Å². The number of amides is 1. The minimum Gasteiger partial charge on any atom is -0.388 e. The summed E-state index contributed by atoms with van der Waals surface area (Å²) in [6.45, 7) is 2.80. The second-order valence-corrected chi connectivity index (χ2v) is 4.49. The molecule has 0 aromatic carbocycles. The molecule has 3 rings (SSSR count). The number of hydrogen-bond acceptors (Lipinski definition) is 3. The van der Waals surface area contributed by atoms with Crippen molar-refractivity contribution in [3.8, 4) is 0 Å². The van der Waals surface area contributed by atoms with Gasteiger partial charge in [0.1, 0.15) is 6.10 Å². The van der Waals surface area contributed by atoms with Crippen LogP contribution in [0.2, 0.25) is 0 Å². The summed E-state index contributed by atoms with van der Waals surface area (Å²) in [5.41, 5.74) is 0. The fourth-order valence-corrected chi connectivity index (χ4v) is 3.15. The zero-order chi connectivity index (χ0) is 9.87. The van der Waals surface area contributed by atoms with E-state index in [2.05, 4.69) is 0 Å². The van der Waals surface area contributed by atoms with E-state index in [-0.39, 0.29) is 30.1 Å². The van der Waals surface area contributed by atoms with Crippen LogP contribution in [0.4, 0.5) is 0 Å². The van der Waals surface area contributed by atoms with E-state index in [1.807, 2.05) is 11.8 Å². The van der Waals surface area contributed by atoms with Crippen LogP contribution in [0.25, 0.3) is 0 Å². The molecule has 1 N–H and O–H groups in total. The molecular weight excluding hydrogens is 182 g/mol. The molecule has 4 nitrogen and oxygen atoms in total. The van der Waals surface area contributed by atoms with Gasteiger partial charge in [-0.25, -0.2) is 0 Å². The molecule has 5 atom stereocenters. The number of likely N-dealkylation sites (tertiary alicyclic amines) is 1. The molecule has 2 bridgehead atoms. The molecule has 1 amide bonds. The molecule has 5 unspecified atom stereocenters. The molecule has 0 aliphatic carbocycles. The predicted octanol–water partition coefficient (Wildman–Crippen LogP) is -0.245. The van der Waals surface area contributed by atoms with Crippen molar-refractivity contribution < 1.29 is 14.6 Å². The summed E-state index contributed by atoms with van der Waals surface area (Å²) in [7, 11) is 0. The second kappa shape index (κ2) is 2.70. The zero-order valence-corrected chi connectivity index (χ0v) is 8.22. The number of aliphatic hydroxyl groups is 1. The Labute approximate surface area is 82.8 Å². The molecular formula is C10H15NO3. The predicted molar refractivity (Wildman–Crippen MR) is 48.6 cm³/mol. The normalized spacial score (nSPS) is 49.4. The molecule has 0 aromatic heterocycles. The van der Waals surface area contributed by atoms with Crippen molar-refractivity contribution in [3.63, 3.8) is 0 Å². The number of nitrogens with zero attached hydrogens (tertiary/aromatic N) is 1. The number of rotatable bonds is 2. The van der Waals surface area contributed by atoms with Gasteiger partial charge >= 0.3 is 0 Å². The maximum atomic E-state index is 11.9. The van der Waals surface area contributed by atoms with Gasteiger partial charge in [0.25, 0.3) is 0 Å². The summed E-state index contributed by atoms with van der Waals surface area (Å²) in [6, 6.07) is -0.0498. The van der Waals surface area contributed by atoms with Crippen molar-refractivity contribution >= 4 is 5.91 Å². The molecule has 14 heavy (non-hydrogen) atoms. The molecule has 3 aliphatic rings. The van der Waals surface area contributed by atoms with Crippen LogP contribution in [0.1, 0.15) is 19.8 Å². The van der Waals surface area contributed by atoms with Crippen LogP contribution >= 0.6 is 0 Å².